The van der Waals surface area contributed by atoms with E-state index in [2.05, 4.69) is 69.4 Å². The molecule has 0 rings (SSSR count). The molecular weight excluding hydrogens is 757 g/mol. The van der Waals surface area contributed by atoms with Crippen molar-refractivity contribution in [1.29, 1.82) is 0 Å². The lowest BCUT2D eigenvalue weighted by molar-refractivity contribution is -0.167. The second-order valence-electron chi connectivity index (χ2n) is 17.4. The summed E-state index contributed by atoms with van der Waals surface area (Å²) in [7, 11) is 0. The first-order chi connectivity index (χ1) is 30.0. The Kier molecular flexibility index (Phi) is 47.9. The monoisotopic (exact) mass is 855 g/mol. The smallest absolute Gasteiger partial charge is 0.306 e. The number of hydrogen-bond donors (Lipinski definition) is 0. The largest absolute Gasteiger partial charge is 0.462 e. The van der Waals surface area contributed by atoms with E-state index in [1.807, 2.05) is 0 Å². The summed E-state index contributed by atoms with van der Waals surface area (Å²) in [5, 5.41) is 0. The third-order valence-corrected chi connectivity index (χ3v) is 11.3. The maximum Gasteiger partial charge on any atom is 0.306 e. The molecule has 0 aromatic rings. The summed E-state index contributed by atoms with van der Waals surface area (Å²) < 4.78 is 16.7. The number of carbonyl (C=O) groups excluding carboxylic acids is 3. The summed E-state index contributed by atoms with van der Waals surface area (Å²) in [6.07, 6.45) is 59.7. The molecule has 0 heterocycles. The molecule has 0 aliphatic rings. The van der Waals surface area contributed by atoms with Gasteiger partial charge in [0.25, 0.3) is 0 Å². The fraction of sp³-hybridized carbons (Fsp3) is 0.800. The van der Waals surface area contributed by atoms with Gasteiger partial charge < -0.3 is 14.2 Å². The van der Waals surface area contributed by atoms with Crippen molar-refractivity contribution < 1.29 is 28.6 Å². The Hall–Kier alpha value is -2.63. The van der Waals surface area contributed by atoms with Gasteiger partial charge in [0.05, 0.1) is 0 Å². The Balaban J connectivity index is 4.22. The van der Waals surface area contributed by atoms with Gasteiger partial charge in [-0.3, -0.25) is 14.4 Å². The number of allylic oxidation sites excluding steroid dienone is 8. The van der Waals surface area contributed by atoms with Crippen LogP contribution in [0.3, 0.4) is 0 Å². The predicted molar refractivity (Wildman–Crippen MR) is 261 cm³/mol. The molecule has 6 nitrogen and oxygen atoms in total. The quantitative estimate of drug-likeness (QED) is 0.0263. The van der Waals surface area contributed by atoms with Crippen LogP contribution in [0.15, 0.2) is 48.6 Å². The molecular formula is C55H98O6. The molecule has 0 spiro atoms. The highest BCUT2D eigenvalue weighted by atomic mass is 16.6. The third kappa shape index (κ3) is 48.3. The van der Waals surface area contributed by atoms with Gasteiger partial charge in [0.2, 0.25) is 0 Å². The van der Waals surface area contributed by atoms with Gasteiger partial charge in [-0.25, -0.2) is 0 Å². The van der Waals surface area contributed by atoms with Crippen LogP contribution in [-0.4, -0.2) is 37.2 Å². The fourth-order valence-corrected chi connectivity index (χ4v) is 7.43. The van der Waals surface area contributed by atoms with Crippen molar-refractivity contribution in [2.45, 2.75) is 271 Å². The van der Waals surface area contributed by atoms with Crippen LogP contribution in [0, 0.1) is 0 Å². The minimum atomic E-state index is -0.770. The minimum Gasteiger partial charge on any atom is -0.462 e. The maximum absolute atomic E-state index is 12.8. The number of ether oxygens (including phenoxy) is 3. The standard InChI is InChI=1S/C55H98O6/c1-4-7-10-13-16-18-20-22-24-25-26-27-28-29-31-32-34-36-39-42-45-48-54(57)60-51-52(50-59-53(56)47-44-41-38-15-12-9-6-3)61-55(58)49-46-43-40-37-35-33-30-23-21-19-17-14-11-8-5-2/h7,10,16,18,22,24,26-27,52H,4-6,8-9,11-15,17,19-21,23,25,28-51H2,1-3H3/b10-7-,18-16-,24-22-,27-26-. The van der Waals surface area contributed by atoms with Crippen LogP contribution >= 0.6 is 0 Å². The lowest BCUT2D eigenvalue weighted by Crippen LogP contribution is -2.30. The Morgan fingerprint density at radius 3 is 1.00 bits per heavy atom. The Morgan fingerprint density at radius 2 is 0.639 bits per heavy atom. The Labute approximate surface area is 378 Å². The molecule has 0 radical (unpaired) electrons. The van der Waals surface area contributed by atoms with Crippen molar-refractivity contribution in [3.63, 3.8) is 0 Å². The van der Waals surface area contributed by atoms with Crippen LogP contribution in [0.2, 0.25) is 0 Å². The van der Waals surface area contributed by atoms with Crippen molar-refractivity contribution >= 4 is 17.9 Å². The highest BCUT2D eigenvalue weighted by Crippen LogP contribution is 2.16. The van der Waals surface area contributed by atoms with E-state index in [1.165, 1.54) is 135 Å². The number of rotatable bonds is 47. The predicted octanol–water partition coefficient (Wildman–Crippen LogP) is 17.1. The number of esters is 3. The zero-order valence-electron chi connectivity index (χ0n) is 40.4. The van der Waals surface area contributed by atoms with Crippen molar-refractivity contribution in [1.82, 2.24) is 0 Å². The van der Waals surface area contributed by atoms with E-state index in [0.717, 1.165) is 89.9 Å². The first-order valence-electron chi connectivity index (χ1n) is 26.1. The lowest BCUT2D eigenvalue weighted by atomic mass is 10.0. The molecule has 0 saturated carbocycles. The van der Waals surface area contributed by atoms with E-state index in [4.69, 9.17) is 14.2 Å². The molecule has 0 saturated heterocycles. The van der Waals surface area contributed by atoms with Crippen molar-refractivity contribution in [2.24, 2.45) is 0 Å². The van der Waals surface area contributed by atoms with Crippen LogP contribution in [0.25, 0.3) is 0 Å². The number of hydrogen-bond acceptors (Lipinski definition) is 6. The molecule has 0 N–H and O–H groups in total. The van der Waals surface area contributed by atoms with E-state index in [9.17, 15) is 14.4 Å². The van der Waals surface area contributed by atoms with E-state index < -0.39 is 6.10 Å². The summed E-state index contributed by atoms with van der Waals surface area (Å²) in [6, 6.07) is 0. The molecule has 354 valence electrons. The van der Waals surface area contributed by atoms with Crippen LogP contribution in [-0.2, 0) is 28.6 Å². The van der Waals surface area contributed by atoms with Gasteiger partial charge in [0.15, 0.2) is 6.10 Å². The van der Waals surface area contributed by atoms with Gasteiger partial charge >= 0.3 is 17.9 Å². The average molecular weight is 855 g/mol. The third-order valence-electron chi connectivity index (χ3n) is 11.3. The summed E-state index contributed by atoms with van der Waals surface area (Å²) in [6.45, 7) is 6.50. The maximum atomic E-state index is 12.8. The minimum absolute atomic E-state index is 0.0728. The molecule has 0 fully saturated rings. The molecule has 1 unspecified atom stereocenters. The molecule has 0 amide bonds. The van der Waals surface area contributed by atoms with Gasteiger partial charge in [0, 0.05) is 19.3 Å². The van der Waals surface area contributed by atoms with Crippen molar-refractivity contribution in [3.8, 4) is 0 Å². The summed E-state index contributed by atoms with van der Waals surface area (Å²) >= 11 is 0. The summed E-state index contributed by atoms with van der Waals surface area (Å²) in [5.74, 6) is -0.878. The molecule has 0 aliphatic heterocycles. The molecule has 61 heavy (non-hydrogen) atoms. The van der Waals surface area contributed by atoms with Gasteiger partial charge in [-0.15, -0.1) is 0 Å². The molecule has 6 heteroatoms. The Bertz CT molecular complexity index is 1070. The molecule has 0 aliphatic carbocycles. The molecule has 0 aromatic heterocycles. The first-order valence-corrected chi connectivity index (χ1v) is 26.1. The van der Waals surface area contributed by atoms with Gasteiger partial charge in [-0.1, -0.05) is 236 Å². The van der Waals surface area contributed by atoms with Crippen molar-refractivity contribution in [3.05, 3.63) is 48.6 Å². The normalized spacial score (nSPS) is 12.4. The van der Waals surface area contributed by atoms with Gasteiger partial charge in [-0.2, -0.15) is 0 Å². The number of carbonyl (C=O) groups is 3. The second kappa shape index (κ2) is 50.0. The van der Waals surface area contributed by atoms with E-state index in [0.29, 0.717) is 19.3 Å². The van der Waals surface area contributed by atoms with Crippen LogP contribution in [0.5, 0.6) is 0 Å². The van der Waals surface area contributed by atoms with E-state index >= 15 is 0 Å². The highest BCUT2D eigenvalue weighted by molar-refractivity contribution is 5.71. The average Bonchev–Trinajstić information content (AvgIpc) is 3.26. The topological polar surface area (TPSA) is 78.9 Å². The van der Waals surface area contributed by atoms with Crippen LogP contribution < -0.4 is 0 Å². The molecule has 1 atom stereocenters. The van der Waals surface area contributed by atoms with E-state index in [-0.39, 0.29) is 31.1 Å². The number of unbranched alkanes of at least 4 members (excludes halogenated alkanes) is 28. The van der Waals surface area contributed by atoms with Gasteiger partial charge in [0.1, 0.15) is 13.2 Å². The first kappa shape index (κ1) is 58.4. The SMILES string of the molecule is CC/C=C\C/C=C\C/C=C\C/C=C\CCCCCCCCCCC(=O)OCC(COC(=O)CCCCCCCCC)OC(=O)CCCCCCCCCCCCCCCCC. The molecule has 0 aromatic carbocycles. The zero-order chi connectivity index (χ0) is 44.4. The van der Waals surface area contributed by atoms with Crippen LogP contribution in [0.4, 0.5) is 0 Å². The van der Waals surface area contributed by atoms with Crippen LogP contribution in [0.1, 0.15) is 265 Å². The van der Waals surface area contributed by atoms with Crippen molar-refractivity contribution in [2.75, 3.05) is 13.2 Å². The molecule has 0 bridgehead atoms. The second-order valence-corrected chi connectivity index (χ2v) is 17.4. The summed E-state index contributed by atoms with van der Waals surface area (Å²) in [5.41, 5.74) is 0. The summed E-state index contributed by atoms with van der Waals surface area (Å²) in [4.78, 5) is 37.8. The van der Waals surface area contributed by atoms with Gasteiger partial charge in [-0.05, 0) is 57.8 Å². The fourth-order valence-electron chi connectivity index (χ4n) is 7.43. The highest BCUT2D eigenvalue weighted by Gasteiger charge is 2.19. The van der Waals surface area contributed by atoms with E-state index in [1.54, 1.807) is 0 Å². The zero-order valence-corrected chi connectivity index (χ0v) is 40.4. The lowest BCUT2D eigenvalue weighted by Gasteiger charge is -2.18. The Morgan fingerprint density at radius 1 is 0.344 bits per heavy atom.